The summed E-state index contributed by atoms with van der Waals surface area (Å²) in [5, 5.41) is 0. The molecule has 0 N–H and O–H groups in total. The Balaban J connectivity index is 2.32. The molecule has 0 heterocycles. The van der Waals surface area contributed by atoms with E-state index in [9.17, 15) is 0 Å². The third-order valence-corrected chi connectivity index (χ3v) is 1.60. The van der Waals surface area contributed by atoms with Crippen LogP contribution in [-0.4, -0.2) is 12.9 Å². The fourth-order valence-corrected chi connectivity index (χ4v) is 1.01. The lowest BCUT2D eigenvalue weighted by molar-refractivity contribution is -0.0662. The molecule has 13 heavy (non-hydrogen) atoms. The number of rotatable bonds is 5. The number of hydrogen-bond donors (Lipinski definition) is 0. The molecule has 0 aliphatic heterocycles. The number of ether oxygens (including phenoxy) is 2. The molecule has 1 aromatic carbocycles. The minimum absolute atomic E-state index is 0.164. The standard InChI is InChI=1S/C11H16O2/c1-3-9-12-10(2)13-11-7-5-4-6-8-11/h4-8,10H,3,9H2,1-2H3. The molecule has 0 radical (unpaired) electrons. The van der Waals surface area contributed by atoms with E-state index in [0.29, 0.717) is 0 Å². The summed E-state index contributed by atoms with van der Waals surface area (Å²) in [6.07, 6.45) is 0.852. The summed E-state index contributed by atoms with van der Waals surface area (Å²) in [4.78, 5) is 0. The van der Waals surface area contributed by atoms with Crippen molar-refractivity contribution in [3.8, 4) is 5.75 Å². The van der Waals surface area contributed by atoms with E-state index in [0.717, 1.165) is 18.8 Å². The molecule has 2 heteroatoms. The normalized spacial score (nSPS) is 12.5. The summed E-state index contributed by atoms with van der Waals surface area (Å²) >= 11 is 0. The van der Waals surface area contributed by atoms with Gasteiger partial charge in [0.05, 0.1) is 6.61 Å². The van der Waals surface area contributed by atoms with Crippen LogP contribution < -0.4 is 4.74 Å². The average Bonchev–Trinajstić information content (AvgIpc) is 2.16. The molecule has 0 amide bonds. The van der Waals surface area contributed by atoms with Crippen molar-refractivity contribution < 1.29 is 9.47 Å². The van der Waals surface area contributed by atoms with Crippen molar-refractivity contribution in [3.63, 3.8) is 0 Å². The zero-order valence-corrected chi connectivity index (χ0v) is 8.19. The maximum atomic E-state index is 5.49. The monoisotopic (exact) mass is 180 g/mol. The summed E-state index contributed by atoms with van der Waals surface area (Å²) in [7, 11) is 0. The third kappa shape index (κ3) is 3.95. The SMILES string of the molecule is CCCOC(C)Oc1ccccc1. The molecule has 0 saturated carbocycles. The Hall–Kier alpha value is -1.02. The van der Waals surface area contributed by atoms with Crippen LogP contribution in [0.25, 0.3) is 0 Å². The van der Waals surface area contributed by atoms with Gasteiger partial charge < -0.3 is 9.47 Å². The number of para-hydroxylation sites is 1. The van der Waals surface area contributed by atoms with Gasteiger partial charge in [-0.2, -0.15) is 0 Å². The van der Waals surface area contributed by atoms with Gasteiger partial charge >= 0.3 is 0 Å². The largest absolute Gasteiger partial charge is 0.465 e. The van der Waals surface area contributed by atoms with Gasteiger partial charge in [0.2, 0.25) is 0 Å². The highest BCUT2D eigenvalue weighted by Crippen LogP contribution is 2.11. The molecule has 2 nitrogen and oxygen atoms in total. The zero-order valence-electron chi connectivity index (χ0n) is 8.19. The van der Waals surface area contributed by atoms with E-state index in [-0.39, 0.29) is 6.29 Å². The summed E-state index contributed by atoms with van der Waals surface area (Å²) in [6.45, 7) is 4.73. The lowest BCUT2D eigenvalue weighted by Crippen LogP contribution is -2.16. The molecule has 0 aliphatic carbocycles. The predicted octanol–water partition coefficient (Wildman–Crippen LogP) is 2.84. The molecule has 1 aromatic rings. The highest BCUT2D eigenvalue weighted by Gasteiger charge is 2.01. The molecular weight excluding hydrogens is 164 g/mol. The first-order chi connectivity index (χ1) is 6.33. The van der Waals surface area contributed by atoms with Crippen LogP contribution in [0, 0.1) is 0 Å². The van der Waals surface area contributed by atoms with Crippen LogP contribution in [0.4, 0.5) is 0 Å². The minimum atomic E-state index is -0.164. The zero-order chi connectivity index (χ0) is 9.52. The van der Waals surface area contributed by atoms with Crippen LogP contribution in [0.1, 0.15) is 20.3 Å². The van der Waals surface area contributed by atoms with Crippen molar-refractivity contribution in [2.45, 2.75) is 26.6 Å². The van der Waals surface area contributed by atoms with Crippen molar-refractivity contribution in [2.75, 3.05) is 6.61 Å². The second-order valence-corrected chi connectivity index (χ2v) is 2.87. The van der Waals surface area contributed by atoms with Crippen LogP contribution in [-0.2, 0) is 4.74 Å². The fourth-order valence-electron chi connectivity index (χ4n) is 1.01. The van der Waals surface area contributed by atoms with Crippen molar-refractivity contribution in [1.82, 2.24) is 0 Å². The fraction of sp³-hybridized carbons (Fsp3) is 0.455. The van der Waals surface area contributed by atoms with Gasteiger partial charge in [0.1, 0.15) is 5.75 Å². The van der Waals surface area contributed by atoms with Gasteiger partial charge in [-0.3, -0.25) is 0 Å². The molecule has 0 aromatic heterocycles. The lowest BCUT2D eigenvalue weighted by Gasteiger charge is -2.14. The Kier molecular flexibility index (Phi) is 4.33. The van der Waals surface area contributed by atoms with Gasteiger partial charge in [-0.05, 0) is 25.5 Å². The van der Waals surface area contributed by atoms with Gasteiger partial charge in [0, 0.05) is 0 Å². The van der Waals surface area contributed by atoms with E-state index in [2.05, 4.69) is 6.92 Å². The summed E-state index contributed by atoms with van der Waals surface area (Å²) in [5.41, 5.74) is 0. The van der Waals surface area contributed by atoms with E-state index in [1.54, 1.807) is 0 Å². The first-order valence-electron chi connectivity index (χ1n) is 4.66. The molecular formula is C11H16O2. The molecule has 0 spiro atoms. The topological polar surface area (TPSA) is 18.5 Å². The van der Waals surface area contributed by atoms with Crippen LogP contribution in [0.15, 0.2) is 30.3 Å². The van der Waals surface area contributed by atoms with Crippen molar-refractivity contribution in [2.24, 2.45) is 0 Å². The smallest absolute Gasteiger partial charge is 0.196 e. The molecule has 0 aliphatic rings. The maximum absolute atomic E-state index is 5.49. The van der Waals surface area contributed by atoms with E-state index in [1.165, 1.54) is 0 Å². The van der Waals surface area contributed by atoms with Gasteiger partial charge in [-0.25, -0.2) is 0 Å². The number of hydrogen-bond acceptors (Lipinski definition) is 2. The van der Waals surface area contributed by atoms with E-state index >= 15 is 0 Å². The average molecular weight is 180 g/mol. The molecule has 0 bridgehead atoms. The first-order valence-corrected chi connectivity index (χ1v) is 4.66. The highest BCUT2D eigenvalue weighted by atomic mass is 16.7. The van der Waals surface area contributed by atoms with Gasteiger partial charge in [0.15, 0.2) is 6.29 Å². The Morgan fingerprint density at radius 1 is 1.23 bits per heavy atom. The molecule has 1 unspecified atom stereocenters. The second-order valence-electron chi connectivity index (χ2n) is 2.87. The maximum Gasteiger partial charge on any atom is 0.196 e. The Labute approximate surface area is 79.5 Å². The first kappa shape index (κ1) is 10.1. The van der Waals surface area contributed by atoms with Crippen LogP contribution in [0.5, 0.6) is 5.75 Å². The molecule has 0 saturated heterocycles. The summed E-state index contributed by atoms with van der Waals surface area (Å²) in [5.74, 6) is 0.853. The Bertz CT molecular complexity index is 221. The number of benzene rings is 1. The van der Waals surface area contributed by atoms with Crippen molar-refractivity contribution >= 4 is 0 Å². The molecule has 0 fully saturated rings. The predicted molar refractivity (Wildman–Crippen MR) is 52.8 cm³/mol. The molecule has 1 atom stereocenters. The quantitative estimate of drug-likeness (QED) is 0.649. The van der Waals surface area contributed by atoms with Gasteiger partial charge in [-0.15, -0.1) is 0 Å². The Morgan fingerprint density at radius 3 is 2.54 bits per heavy atom. The van der Waals surface area contributed by atoms with Crippen molar-refractivity contribution in [1.29, 1.82) is 0 Å². The van der Waals surface area contributed by atoms with Crippen LogP contribution in [0.2, 0.25) is 0 Å². The minimum Gasteiger partial charge on any atom is -0.465 e. The van der Waals surface area contributed by atoms with Crippen molar-refractivity contribution in [3.05, 3.63) is 30.3 Å². The van der Waals surface area contributed by atoms with E-state index in [4.69, 9.17) is 9.47 Å². The third-order valence-electron chi connectivity index (χ3n) is 1.60. The van der Waals surface area contributed by atoms with E-state index < -0.39 is 0 Å². The van der Waals surface area contributed by atoms with Crippen LogP contribution in [0.3, 0.4) is 0 Å². The van der Waals surface area contributed by atoms with Gasteiger partial charge in [0.25, 0.3) is 0 Å². The molecule has 1 rings (SSSR count). The van der Waals surface area contributed by atoms with Crippen LogP contribution >= 0.6 is 0 Å². The second kappa shape index (κ2) is 5.60. The van der Waals surface area contributed by atoms with Gasteiger partial charge in [-0.1, -0.05) is 25.1 Å². The summed E-state index contributed by atoms with van der Waals surface area (Å²) < 4.78 is 10.9. The lowest BCUT2D eigenvalue weighted by atomic mass is 10.3. The molecule has 72 valence electrons. The Morgan fingerprint density at radius 2 is 1.92 bits per heavy atom. The summed E-state index contributed by atoms with van der Waals surface area (Å²) in [6, 6.07) is 9.70. The highest BCUT2D eigenvalue weighted by molar-refractivity contribution is 5.20. The van der Waals surface area contributed by atoms with E-state index in [1.807, 2.05) is 37.3 Å².